The van der Waals surface area contributed by atoms with Gasteiger partial charge in [-0.3, -0.25) is 19.9 Å². The molecule has 6 saturated heterocycles. The van der Waals surface area contributed by atoms with Gasteiger partial charge in [0.15, 0.2) is 34.9 Å². The van der Waals surface area contributed by atoms with Crippen molar-refractivity contribution in [2.24, 2.45) is 0 Å². The van der Waals surface area contributed by atoms with Gasteiger partial charge in [0.2, 0.25) is 0 Å². The number of amides is 3. The van der Waals surface area contributed by atoms with E-state index in [2.05, 4.69) is 73.5 Å². The number of hydrogen-bond donors (Lipinski definition) is 3. The summed E-state index contributed by atoms with van der Waals surface area (Å²) in [6.07, 6.45) is -1.98. The number of carbonyl (C=O) groups excluding carboxylic acids is 4. The molecule has 0 spiro atoms. The first-order valence-corrected chi connectivity index (χ1v) is 42.7. The van der Waals surface area contributed by atoms with Crippen molar-refractivity contribution >= 4 is 98.2 Å². The van der Waals surface area contributed by atoms with Crippen LogP contribution in [0.1, 0.15) is 25.3 Å². The van der Waals surface area contributed by atoms with Gasteiger partial charge in [-0.2, -0.15) is 0 Å². The minimum atomic E-state index is -1.65. The Labute approximate surface area is 582 Å². The lowest BCUT2D eigenvalue weighted by Crippen LogP contribution is -2.53. The molecule has 6 aliphatic heterocycles. The predicted molar refractivity (Wildman–Crippen MR) is 383 cm³/mol. The van der Waals surface area contributed by atoms with E-state index in [9.17, 15) is 45.5 Å². The van der Waals surface area contributed by atoms with Crippen LogP contribution in [0.3, 0.4) is 0 Å². The quantitative estimate of drug-likeness (QED) is 0.0257. The zero-order chi connectivity index (χ0) is 71.1. The highest BCUT2D eigenvalue weighted by Gasteiger charge is 2.40. The minimum Gasteiger partial charge on any atom is -0.463 e. The van der Waals surface area contributed by atoms with Gasteiger partial charge in [-0.1, -0.05) is 163 Å². The van der Waals surface area contributed by atoms with Gasteiger partial charge in [0.05, 0.1) is 68.5 Å². The Hall–Kier alpha value is -8.67. The van der Waals surface area contributed by atoms with Gasteiger partial charge < -0.3 is 48.6 Å². The number of epoxide rings is 1. The van der Waals surface area contributed by atoms with Crippen molar-refractivity contribution in [1.82, 2.24) is 0 Å². The second kappa shape index (κ2) is 33.7. The third-order valence-corrected chi connectivity index (χ3v) is 32.7. The number of cyclic esters (lactones) is 2. The van der Waals surface area contributed by atoms with Crippen LogP contribution < -0.4 is 45.4 Å². The topological polar surface area (TPSA) is 186 Å². The van der Waals surface area contributed by atoms with E-state index in [0.29, 0.717) is 52.3 Å². The fraction of sp³-hybridized carbons (Fsp3) is 0.378. The lowest BCUT2D eigenvalue weighted by molar-refractivity contribution is -0.144. The maximum atomic E-state index is 14.9. The first-order valence-electron chi connectivity index (χ1n) is 33.9. The Kier molecular flexibility index (Phi) is 24.9. The van der Waals surface area contributed by atoms with Crippen LogP contribution in [0, 0.1) is 34.9 Å². The summed E-state index contributed by atoms with van der Waals surface area (Å²) in [4.78, 5) is 54.1. The summed E-state index contributed by atoms with van der Waals surface area (Å²) in [6, 6.07) is 53.0. The normalized spacial score (nSPS) is 19.5. The summed E-state index contributed by atoms with van der Waals surface area (Å²) in [5.74, 6) is -4.24. The molecule has 3 amide bonds. The van der Waals surface area contributed by atoms with Crippen LogP contribution in [0.2, 0.25) is 55.9 Å². The van der Waals surface area contributed by atoms with E-state index in [4.69, 9.17) is 33.9 Å². The number of aliphatic hydroxyl groups excluding tert-OH is 2. The Morgan fingerprint density at radius 2 is 0.830 bits per heavy atom. The average Bonchev–Trinajstić information content (AvgIpc) is 1.13. The summed E-state index contributed by atoms with van der Waals surface area (Å²) >= 11 is 0. The number of ether oxygens (including phenoxy) is 5. The summed E-state index contributed by atoms with van der Waals surface area (Å²) in [7, 11) is -4.96. The molecule has 17 nitrogen and oxygen atoms in total. The summed E-state index contributed by atoms with van der Waals surface area (Å²) in [5.41, 5.74) is 0.954. The molecule has 3 atom stereocenters. The number of halogens is 6. The maximum absolute atomic E-state index is 14.9. The molecule has 532 valence electrons. The molecule has 26 heteroatoms. The average molecular weight is 1430 g/mol. The highest BCUT2D eigenvalue weighted by Crippen LogP contribution is 2.38. The number of benzene rings is 7. The first-order chi connectivity index (χ1) is 48.1. The second-order valence-electron chi connectivity index (χ2n) is 26.7. The molecule has 0 saturated carbocycles. The molecule has 6 fully saturated rings. The van der Waals surface area contributed by atoms with Crippen molar-refractivity contribution in [2.45, 2.75) is 101 Å². The largest absolute Gasteiger partial charge is 0.463 e. The third kappa shape index (κ3) is 18.6. The van der Waals surface area contributed by atoms with Crippen LogP contribution in [-0.4, -0.2) is 156 Å². The van der Waals surface area contributed by atoms with Crippen LogP contribution >= 0.6 is 0 Å². The fourth-order valence-electron chi connectivity index (χ4n) is 13.2. The molecule has 6 heterocycles. The molecular weight excluding hydrogens is 1350 g/mol. The number of nitrogens with zero attached hydrogens (tertiary/aromatic N) is 5. The molecule has 6 aliphatic rings. The van der Waals surface area contributed by atoms with Crippen LogP contribution in [0.4, 0.5) is 74.9 Å². The lowest BCUT2D eigenvalue weighted by atomic mass is 10.2. The SMILES string of the molecule is CCCC(=O)OC[C@@H]1CO1.C[Si]1(c2ccccc2)CCN(c2c(F)cc(N3C[C@H](CO)OC3=O)cc2F)CC1.C[Si]1(c2ccccc2)CCN(c2c(F)cc(N3C[C@H](CO)OC3=O)cc2F)CC1.C[Si]1(c2ccccc2)CCN(c2c(F)cc(NC(=O)OCc3ccccc3)cc2F)CC1. The number of hydrogen-bond acceptors (Lipinski definition) is 14. The van der Waals surface area contributed by atoms with Crippen LogP contribution in [0.15, 0.2) is 158 Å². The van der Waals surface area contributed by atoms with Crippen molar-refractivity contribution in [3.8, 4) is 0 Å². The van der Waals surface area contributed by atoms with Crippen molar-refractivity contribution in [1.29, 1.82) is 0 Å². The Morgan fingerprint density at radius 3 is 1.14 bits per heavy atom. The number of carbonyl (C=O) groups is 4. The Morgan fingerprint density at radius 1 is 0.500 bits per heavy atom. The summed E-state index contributed by atoms with van der Waals surface area (Å²) < 4.78 is 114. The standard InChI is InChI=1S/C25H26F2N2O2Si.2C21H24F2N2O3Si.C7H12O3/c1-32(21-10-6-3-7-11-21)14-12-29(13-15-32)24-22(26)16-20(17-23(24)27)28-25(30)31-18-19-8-4-2-5-9-19;2*1-29(17-5-3-2-4-6-17)9-7-24(8-10-29)20-18(22)11-15(12-19(20)23)25-13-16(14-26)28-21(25)27;1-2-3-7(8)10-5-6-4-9-6/h2-11,16-17H,12-15,18H2,1H3,(H,28,30);2*2-6,11-12,16,26H,7-10,13-14H2,1H3;6H,2-5H2,1H3/t;2*16-;6-/m.110/s1. The van der Waals surface area contributed by atoms with E-state index in [1.807, 2.05) is 79.7 Å². The molecule has 7 aromatic rings. The van der Waals surface area contributed by atoms with Crippen molar-refractivity contribution in [3.63, 3.8) is 0 Å². The highest BCUT2D eigenvalue weighted by atomic mass is 28.3. The molecule has 0 radical (unpaired) electrons. The highest BCUT2D eigenvalue weighted by molar-refractivity contribution is 6.92. The predicted octanol–water partition coefficient (Wildman–Crippen LogP) is 12.4. The third-order valence-electron chi connectivity index (χ3n) is 19.5. The van der Waals surface area contributed by atoms with Gasteiger partial charge in [-0.25, -0.2) is 40.7 Å². The van der Waals surface area contributed by atoms with Gasteiger partial charge in [0.25, 0.3) is 0 Å². The van der Waals surface area contributed by atoms with Crippen molar-refractivity contribution in [3.05, 3.63) is 198 Å². The zero-order valence-electron chi connectivity index (χ0n) is 56.7. The molecule has 13 rings (SSSR count). The van der Waals surface area contributed by atoms with E-state index >= 15 is 0 Å². The van der Waals surface area contributed by atoms with Gasteiger partial charge in [-0.05, 0) is 60.4 Å². The van der Waals surface area contributed by atoms with E-state index in [1.165, 1.54) is 39.8 Å². The molecule has 7 aromatic carbocycles. The monoisotopic (exact) mass is 1430 g/mol. The van der Waals surface area contributed by atoms with E-state index in [1.54, 1.807) is 14.7 Å². The first kappa shape index (κ1) is 74.0. The Balaban J connectivity index is 0.000000151. The van der Waals surface area contributed by atoms with Crippen LogP contribution in [-0.2, 0) is 35.1 Å². The molecule has 100 heavy (non-hydrogen) atoms. The van der Waals surface area contributed by atoms with Gasteiger partial charge >= 0.3 is 24.2 Å². The van der Waals surface area contributed by atoms with Gasteiger partial charge in [0, 0.05) is 75.6 Å². The van der Waals surface area contributed by atoms with Gasteiger partial charge in [0.1, 0.15) is 48.6 Å². The number of anilines is 6. The number of esters is 1. The minimum absolute atomic E-state index is 0.0299. The molecular formula is C74H86F6N6O11Si3. The smallest absolute Gasteiger partial charge is 0.414 e. The lowest BCUT2D eigenvalue weighted by Gasteiger charge is -2.39. The van der Waals surface area contributed by atoms with Crippen LogP contribution in [0.5, 0.6) is 0 Å². The van der Waals surface area contributed by atoms with Crippen molar-refractivity contribution in [2.75, 3.05) is 109 Å². The summed E-state index contributed by atoms with van der Waals surface area (Å²) in [6.45, 7) is 13.3. The zero-order valence-corrected chi connectivity index (χ0v) is 59.7. The van der Waals surface area contributed by atoms with Gasteiger partial charge in [-0.15, -0.1) is 0 Å². The molecule has 0 unspecified atom stereocenters. The summed E-state index contributed by atoms with van der Waals surface area (Å²) in [5, 5.41) is 24.8. The Bertz CT molecular complexity index is 3700. The van der Waals surface area contributed by atoms with E-state index in [0.717, 1.165) is 76.8 Å². The van der Waals surface area contributed by atoms with E-state index < -0.39 is 89.6 Å². The molecule has 0 aromatic heterocycles. The molecule has 0 bridgehead atoms. The van der Waals surface area contributed by atoms with Crippen molar-refractivity contribution < 1.29 is 79.4 Å². The maximum Gasteiger partial charge on any atom is 0.414 e. The molecule has 3 N–H and O–H groups in total. The number of rotatable bonds is 17. The molecule has 0 aliphatic carbocycles. The van der Waals surface area contributed by atoms with E-state index in [-0.39, 0.29) is 79.1 Å². The fourth-order valence-corrected chi connectivity index (χ4v) is 23.2. The second-order valence-corrected chi connectivity index (χ2v) is 40.8. The number of aliphatic hydroxyl groups is 2. The van der Waals surface area contributed by atoms with Crippen LogP contribution in [0.25, 0.3) is 0 Å². The number of nitrogens with one attached hydrogen (secondary N) is 1.